The minimum Gasteiger partial charge on any atom is -0.350 e. The number of rotatable bonds is 4. The highest BCUT2D eigenvalue weighted by molar-refractivity contribution is 14.1. The van der Waals surface area contributed by atoms with Gasteiger partial charge in [0.1, 0.15) is 5.82 Å². The summed E-state index contributed by atoms with van der Waals surface area (Å²) in [6.07, 6.45) is 2.14. The maximum Gasteiger partial charge on any atom is 0.182 e. The van der Waals surface area contributed by atoms with Crippen molar-refractivity contribution in [3.05, 3.63) is 56.9 Å². The molecule has 132 valence electrons. The van der Waals surface area contributed by atoms with Crippen LogP contribution in [0.4, 0.5) is 24.5 Å². The van der Waals surface area contributed by atoms with Gasteiger partial charge in [-0.1, -0.05) is 6.42 Å². The average molecular weight is 460 g/mol. The molecule has 0 radical (unpaired) electrons. The Hall–Kier alpha value is -1.61. The van der Waals surface area contributed by atoms with Gasteiger partial charge in [-0.25, -0.2) is 13.2 Å². The third kappa shape index (κ3) is 3.67. The second-order valence-corrected chi connectivity index (χ2v) is 7.34. The van der Waals surface area contributed by atoms with Gasteiger partial charge in [-0.3, -0.25) is 4.79 Å². The number of carbonyl (C=O) groups is 1. The van der Waals surface area contributed by atoms with Crippen LogP contribution >= 0.6 is 22.6 Å². The molecule has 3 nitrogen and oxygen atoms in total. The van der Waals surface area contributed by atoms with Crippen molar-refractivity contribution in [2.45, 2.75) is 25.3 Å². The summed E-state index contributed by atoms with van der Waals surface area (Å²) in [5.74, 6) is -3.73. The summed E-state index contributed by atoms with van der Waals surface area (Å²) >= 11 is 1.94. The lowest BCUT2D eigenvalue weighted by Crippen LogP contribution is -2.31. The van der Waals surface area contributed by atoms with Crippen LogP contribution in [0.1, 0.15) is 29.6 Å². The SMILES string of the molecule is NC1CCCC1C(=O)c1ccc(F)c(F)c1Nc1ccc(I)cc1F. The van der Waals surface area contributed by atoms with E-state index in [0.717, 1.165) is 12.5 Å². The van der Waals surface area contributed by atoms with Gasteiger partial charge < -0.3 is 11.1 Å². The van der Waals surface area contributed by atoms with Crippen molar-refractivity contribution in [3.63, 3.8) is 0 Å². The van der Waals surface area contributed by atoms with Gasteiger partial charge in [0.25, 0.3) is 0 Å². The minimum absolute atomic E-state index is 0.0146. The number of nitrogens with one attached hydrogen (secondary N) is 1. The van der Waals surface area contributed by atoms with E-state index in [1.807, 2.05) is 22.6 Å². The van der Waals surface area contributed by atoms with Crippen LogP contribution in [0.3, 0.4) is 0 Å². The topological polar surface area (TPSA) is 55.1 Å². The van der Waals surface area contributed by atoms with E-state index in [1.54, 1.807) is 6.07 Å². The van der Waals surface area contributed by atoms with Crippen molar-refractivity contribution in [1.29, 1.82) is 0 Å². The number of benzene rings is 2. The molecule has 0 aromatic heterocycles. The van der Waals surface area contributed by atoms with Gasteiger partial charge in [-0.15, -0.1) is 0 Å². The molecule has 1 fully saturated rings. The highest BCUT2D eigenvalue weighted by Crippen LogP contribution is 2.33. The Morgan fingerprint density at radius 2 is 1.88 bits per heavy atom. The molecule has 2 unspecified atom stereocenters. The summed E-state index contributed by atoms with van der Waals surface area (Å²) in [7, 11) is 0. The number of Topliss-reactive ketones (excluding diaryl/α,β-unsaturated/α-hetero) is 1. The van der Waals surface area contributed by atoms with Crippen molar-refractivity contribution in [2.24, 2.45) is 11.7 Å². The van der Waals surface area contributed by atoms with Gasteiger partial charge >= 0.3 is 0 Å². The summed E-state index contributed by atoms with van der Waals surface area (Å²) in [4.78, 5) is 12.8. The summed E-state index contributed by atoms with van der Waals surface area (Å²) in [5.41, 5.74) is 5.55. The van der Waals surface area contributed by atoms with Crippen LogP contribution in [-0.2, 0) is 0 Å². The van der Waals surface area contributed by atoms with E-state index in [1.165, 1.54) is 18.2 Å². The third-order valence-corrected chi connectivity index (χ3v) is 5.13. The number of hydrogen-bond acceptors (Lipinski definition) is 3. The van der Waals surface area contributed by atoms with Crippen LogP contribution < -0.4 is 11.1 Å². The zero-order chi connectivity index (χ0) is 18.1. The van der Waals surface area contributed by atoms with Crippen LogP contribution in [-0.4, -0.2) is 11.8 Å². The monoisotopic (exact) mass is 460 g/mol. The Bertz CT molecular complexity index is 828. The molecule has 7 heteroatoms. The summed E-state index contributed by atoms with van der Waals surface area (Å²) in [6.45, 7) is 0. The summed E-state index contributed by atoms with van der Waals surface area (Å²) in [5, 5.41) is 2.54. The maximum absolute atomic E-state index is 14.4. The van der Waals surface area contributed by atoms with Gasteiger partial charge in [0.05, 0.1) is 11.4 Å². The molecule has 2 atom stereocenters. The summed E-state index contributed by atoms with van der Waals surface area (Å²) < 4.78 is 42.8. The lowest BCUT2D eigenvalue weighted by atomic mass is 9.92. The number of carbonyl (C=O) groups excluding carboxylic acids is 1. The molecule has 0 saturated heterocycles. The summed E-state index contributed by atoms with van der Waals surface area (Å²) in [6, 6.07) is 6.11. The molecule has 0 bridgehead atoms. The van der Waals surface area contributed by atoms with Crippen molar-refractivity contribution in [2.75, 3.05) is 5.32 Å². The maximum atomic E-state index is 14.4. The van der Waals surface area contributed by atoms with Crippen LogP contribution in [0.2, 0.25) is 0 Å². The third-order valence-electron chi connectivity index (χ3n) is 4.46. The van der Waals surface area contributed by atoms with Crippen molar-refractivity contribution in [1.82, 2.24) is 0 Å². The molecule has 0 spiro atoms. The molecular weight excluding hydrogens is 444 g/mol. The van der Waals surface area contributed by atoms with Crippen LogP contribution in [0.5, 0.6) is 0 Å². The fourth-order valence-electron chi connectivity index (χ4n) is 3.12. The van der Waals surface area contributed by atoms with E-state index >= 15 is 0 Å². The molecule has 25 heavy (non-hydrogen) atoms. The molecule has 2 aromatic carbocycles. The van der Waals surface area contributed by atoms with Crippen molar-refractivity contribution < 1.29 is 18.0 Å². The molecule has 1 saturated carbocycles. The van der Waals surface area contributed by atoms with Crippen LogP contribution in [0, 0.1) is 26.9 Å². The number of anilines is 2. The minimum atomic E-state index is -1.21. The quantitative estimate of drug-likeness (QED) is 0.511. The first-order valence-corrected chi connectivity index (χ1v) is 8.96. The number of halogens is 4. The van der Waals surface area contributed by atoms with E-state index in [0.29, 0.717) is 16.4 Å². The van der Waals surface area contributed by atoms with Gasteiger partial charge in [0.2, 0.25) is 0 Å². The molecule has 1 aliphatic carbocycles. The van der Waals surface area contributed by atoms with Crippen LogP contribution in [0.25, 0.3) is 0 Å². The van der Waals surface area contributed by atoms with Gasteiger partial charge in [0.15, 0.2) is 17.4 Å². The fourth-order valence-corrected chi connectivity index (χ4v) is 3.57. The highest BCUT2D eigenvalue weighted by Gasteiger charge is 2.33. The zero-order valence-corrected chi connectivity index (χ0v) is 15.3. The van der Waals surface area contributed by atoms with E-state index < -0.39 is 23.4 Å². The van der Waals surface area contributed by atoms with Gasteiger partial charge in [-0.05, 0) is 65.8 Å². The molecule has 3 rings (SSSR count). The lowest BCUT2D eigenvalue weighted by Gasteiger charge is -2.18. The van der Waals surface area contributed by atoms with E-state index in [2.05, 4.69) is 5.32 Å². The average Bonchev–Trinajstić information content (AvgIpc) is 2.99. The second-order valence-electron chi connectivity index (χ2n) is 6.10. The predicted molar refractivity (Wildman–Crippen MR) is 98.4 cm³/mol. The predicted octanol–water partition coefficient (Wildman–Crippen LogP) is 4.76. The Morgan fingerprint density at radius 1 is 1.12 bits per heavy atom. The number of nitrogens with two attached hydrogens (primary N) is 1. The first-order chi connectivity index (χ1) is 11.9. The normalized spacial score (nSPS) is 19.9. The molecule has 0 aliphatic heterocycles. The van der Waals surface area contributed by atoms with Crippen molar-refractivity contribution in [3.8, 4) is 0 Å². The first-order valence-electron chi connectivity index (χ1n) is 7.88. The van der Waals surface area contributed by atoms with Gasteiger partial charge in [0, 0.05) is 21.1 Å². The molecular formula is C18H16F3IN2O. The second kappa shape index (κ2) is 7.33. The molecule has 3 N–H and O–H groups in total. The fraction of sp³-hybridized carbons (Fsp3) is 0.278. The Morgan fingerprint density at radius 3 is 2.52 bits per heavy atom. The number of hydrogen-bond donors (Lipinski definition) is 2. The molecule has 2 aromatic rings. The molecule has 0 heterocycles. The van der Waals surface area contributed by atoms with E-state index in [4.69, 9.17) is 5.73 Å². The number of ketones is 1. The molecule has 0 amide bonds. The van der Waals surface area contributed by atoms with Crippen LogP contribution in [0.15, 0.2) is 30.3 Å². The Balaban J connectivity index is 2.02. The van der Waals surface area contributed by atoms with Crippen molar-refractivity contribution >= 4 is 39.7 Å². The first kappa shape index (κ1) is 18.2. The lowest BCUT2D eigenvalue weighted by molar-refractivity contribution is 0.0914. The highest BCUT2D eigenvalue weighted by atomic mass is 127. The van der Waals surface area contributed by atoms with E-state index in [9.17, 15) is 18.0 Å². The smallest absolute Gasteiger partial charge is 0.182 e. The largest absolute Gasteiger partial charge is 0.350 e. The Labute approximate surface area is 156 Å². The van der Waals surface area contributed by atoms with E-state index in [-0.39, 0.29) is 28.8 Å². The standard InChI is InChI=1S/C18H16F3IN2O/c19-12-6-5-11(18(25)10-2-1-3-14(10)23)17(16(12)21)24-15-7-4-9(22)8-13(15)20/h4-8,10,14,24H,1-3,23H2. The Kier molecular flexibility index (Phi) is 5.33. The molecule has 1 aliphatic rings. The zero-order valence-electron chi connectivity index (χ0n) is 13.2. The van der Waals surface area contributed by atoms with Gasteiger partial charge in [-0.2, -0.15) is 0 Å².